The van der Waals surface area contributed by atoms with Crippen LogP contribution >= 0.6 is 0 Å². The van der Waals surface area contributed by atoms with Crippen LogP contribution in [-0.2, 0) is 16.0 Å². The van der Waals surface area contributed by atoms with Gasteiger partial charge in [-0.25, -0.2) is 29.5 Å². The predicted octanol–water partition coefficient (Wildman–Crippen LogP) is 9.13. The van der Waals surface area contributed by atoms with E-state index in [1.807, 2.05) is 86.9 Å². The van der Waals surface area contributed by atoms with Gasteiger partial charge in [0.2, 0.25) is 0 Å². The Balaban J connectivity index is 0.992. The van der Waals surface area contributed by atoms with Crippen molar-refractivity contribution < 1.29 is 19.1 Å². The van der Waals surface area contributed by atoms with E-state index in [2.05, 4.69) is 68.6 Å². The standard InChI is InChI=1S/C54H64N14O4/c1-34(2)56-47-26-49(65-43-21-22-44(65)31-71-30-43)62-51(60-47)37-11-15-39(16-12-37)58-53(69)67(41-17-9-36(10-18-41)29-64(5)6)68(54(70)59-40-8-7-25-55-28-40)42-19-13-38(14-20-42)52-61-48(57-35(3)4)27-50(63-52)66-45-23-24-46(66)33-72-32-45/h7-20,25-28,34-35,43-46H,21-24,29-33H2,1-6H3,(H,58,69)(H,59,70)(H,56,60,62)(H,57,61,63). The van der Waals surface area contributed by atoms with E-state index in [1.54, 1.807) is 36.7 Å². The average Bonchev–Trinajstić information content (AvgIpc) is 3.77. The average molecular weight is 973 g/mol. The van der Waals surface area contributed by atoms with Crippen LogP contribution in [0.5, 0.6) is 0 Å². The Morgan fingerprint density at radius 1 is 0.597 bits per heavy atom. The maximum absolute atomic E-state index is 15.1. The molecular weight excluding hydrogens is 909 g/mol. The lowest BCUT2D eigenvalue weighted by Crippen LogP contribution is -2.54. The third-order valence-electron chi connectivity index (χ3n) is 13.2. The minimum Gasteiger partial charge on any atom is -0.377 e. The Morgan fingerprint density at radius 3 is 1.47 bits per heavy atom. The van der Waals surface area contributed by atoms with Gasteiger partial charge in [0, 0.05) is 53.8 Å². The summed E-state index contributed by atoms with van der Waals surface area (Å²) in [6.07, 6.45) is 7.41. The van der Waals surface area contributed by atoms with E-state index in [1.165, 1.54) is 10.0 Å². The molecule has 4 aliphatic rings. The molecule has 18 nitrogen and oxygen atoms in total. The Morgan fingerprint density at radius 2 is 1.04 bits per heavy atom. The van der Waals surface area contributed by atoms with Crippen LogP contribution in [0.25, 0.3) is 22.8 Å². The van der Waals surface area contributed by atoms with Crippen molar-refractivity contribution in [3.63, 3.8) is 0 Å². The summed E-state index contributed by atoms with van der Waals surface area (Å²) in [4.78, 5) is 61.1. The number of urea groups is 2. The zero-order chi connectivity index (χ0) is 49.9. The van der Waals surface area contributed by atoms with Gasteiger partial charge in [-0.1, -0.05) is 12.1 Å². The number of hydrogen-bond donors (Lipinski definition) is 4. The maximum Gasteiger partial charge on any atom is 0.345 e. The van der Waals surface area contributed by atoms with Crippen molar-refractivity contribution in [3.05, 3.63) is 115 Å². The van der Waals surface area contributed by atoms with Crippen LogP contribution < -0.4 is 41.1 Å². The number of rotatable bonds is 14. The molecule has 4 saturated heterocycles. The molecule has 7 heterocycles. The van der Waals surface area contributed by atoms with Gasteiger partial charge in [0.15, 0.2) is 11.6 Å². The maximum atomic E-state index is 15.1. The van der Waals surface area contributed by atoms with Crippen LogP contribution in [0.3, 0.4) is 0 Å². The molecule has 18 heteroatoms. The summed E-state index contributed by atoms with van der Waals surface area (Å²) in [5.41, 5.74) is 4.37. The third kappa shape index (κ3) is 10.8. The molecule has 10 rings (SSSR count). The summed E-state index contributed by atoms with van der Waals surface area (Å²) < 4.78 is 11.8. The van der Waals surface area contributed by atoms with Gasteiger partial charge < -0.3 is 45.4 Å². The summed E-state index contributed by atoms with van der Waals surface area (Å²) in [6.45, 7) is 11.7. The number of benzene rings is 3. The zero-order valence-electron chi connectivity index (χ0n) is 41.8. The summed E-state index contributed by atoms with van der Waals surface area (Å²) in [5, 5.41) is 15.7. The van der Waals surface area contributed by atoms with Gasteiger partial charge in [0.25, 0.3) is 0 Å². The lowest BCUT2D eigenvalue weighted by Gasteiger charge is -2.36. The quantitative estimate of drug-likeness (QED) is 0.0759. The summed E-state index contributed by atoms with van der Waals surface area (Å²) >= 11 is 0. The third-order valence-corrected chi connectivity index (χ3v) is 13.2. The topological polar surface area (TPSA) is 181 Å². The Kier molecular flexibility index (Phi) is 14.2. The number of anilines is 8. The molecule has 0 radical (unpaired) electrons. The van der Waals surface area contributed by atoms with Crippen molar-refractivity contribution in [1.29, 1.82) is 0 Å². The number of fused-ring (bicyclic) bond motifs is 4. The predicted molar refractivity (Wildman–Crippen MR) is 284 cm³/mol. The highest BCUT2D eigenvalue weighted by Gasteiger charge is 2.40. The highest BCUT2D eigenvalue weighted by molar-refractivity contribution is 6.13. The second-order valence-electron chi connectivity index (χ2n) is 19.9. The van der Waals surface area contributed by atoms with Gasteiger partial charge in [-0.3, -0.25) is 4.98 Å². The number of carbonyl (C=O) groups excluding carboxylic acids is 2. The fraction of sp³-hybridized carbons (Fsp3) is 0.389. The van der Waals surface area contributed by atoms with Crippen molar-refractivity contribution in [2.75, 3.05) is 81.6 Å². The number of ether oxygens (including phenoxy) is 2. The number of pyridine rings is 1. The van der Waals surface area contributed by atoms with Crippen molar-refractivity contribution in [3.8, 4) is 22.8 Å². The monoisotopic (exact) mass is 973 g/mol. The van der Waals surface area contributed by atoms with Gasteiger partial charge in [-0.05, 0) is 146 Å². The van der Waals surface area contributed by atoms with Crippen LogP contribution in [0, 0.1) is 0 Å². The van der Waals surface area contributed by atoms with Crippen LogP contribution in [0.15, 0.2) is 109 Å². The summed E-state index contributed by atoms with van der Waals surface area (Å²) in [5.74, 6) is 4.29. The SMILES string of the molecule is CC(C)Nc1cc(N2C3CCC2COC3)nc(-c2ccc(NC(=O)N(c3ccc(CN(C)C)cc3)N(C(=O)Nc3cccnc3)c3ccc(-c4nc(NC(C)C)cc(N5C6CCC5COC6)n4)cc3)cc2)n1. The minimum absolute atomic E-state index is 0.144. The first kappa shape index (κ1) is 48.2. The smallest absolute Gasteiger partial charge is 0.345 e. The van der Waals surface area contributed by atoms with Gasteiger partial charge >= 0.3 is 12.1 Å². The van der Waals surface area contributed by atoms with E-state index < -0.39 is 12.1 Å². The van der Waals surface area contributed by atoms with Gasteiger partial charge in [-0.15, -0.1) is 0 Å². The van der Waals surface area contributed by atoms with Gasteiger partial charge in [0.05, 0.1) is 73.9 Å². The van der Waals surface area contributed by atoms with E-state index in [9.17, 15) is 4.79 Å². The lowest BCUT2D eigenvalue weighted by molar-refractivity contribution is 0.0902. The first-order valence-electron chi connectivity index (χ1n) is 25.0. The molecule has 6 aromatic rings. The fourth-order valence-corrected chi connectivity index (χ4v) is 10.1. The number of morpholine rings is 2. The molecule has 72 heavy (non-hydrogen) atoms. The molecule has 4 aliphatic heterocycles. The van der Waals surface area contributed by atoms with Crippen molar-refractivity contribution in [1.82, 2.24) is 29.8 Å². The molecule has 374 valence electrons. The zero-order valence-corrected chi connectivity index (χ0v) is 41.8. The molecule has 0 spiro atoms. The summed E-state index contributed by atoms with van der Waals surface area (Å²) in [6, 6.07) is 30.1. The van der Waals surface area contributed by atoms with Crippen LogP contribution in [-0.4, -0.2) is 119 Å². The van der Waals surface area contributed by atoms with Crippen molar-refractivity contribution in [2.24, 2.45) is 0 Å². The molecule has 4 N–H and O–H groups in total. The summed E-state index contributed by atoms with van der Waals surface area (Å²) in [7, 11) is 4.00. The molecule has 4 bridgehead atoms. The second-order valence-corrected chi connectivity index (χ2v) is 19.9. The number of amides is 4. The van der Waals surface area contributed by atoms with Crippen LogP contribution in [0.4, 0.5) is 55.6 Å². The Labute approximate surface area is 421 Å². The number of nitrogens with zero attached hydrogens (tertiary/aromatic N) is 10. The molecular formula is C54H64N14O4. The Hall–Kier alpha value is -7.41. The van der Waals surface area contributed by atoms with Crippen molar-refractivity contribution in [2.45, 2.75) is 96.2 Å². The molecule has 4 unspecified atom stereocenters. The minimum atomic E-state index is -0.598. The van der Waals surface area contributed by atoms with E-state index >= 15 is 4.79 Å². The van der Waals surface area contributed by atoms with E-state index in [0.717, 1.165) is 65.6 Å². The first-order valence-corrected chi connectivity index (χ1v) is 25.0. The van der Waals surface area contributed by atoms with Crippen LogP contribution in [0.2, 0.25) is 0 Å². The highest BCUT2D eigenvalue weighted by Crippen LogP contribution is 2.37. The molecule has 4 atom stereocenters. The van der Waals surface area contributed by atoms with Gasteiger partial charge in [0.1, 0.15) is 23.3 Å². The van der Waals surface area contributed by atoms with Crippen LogP contribution in [0.1, 0.15) is 58.9 Å². The number of carbonyl (C=O) groups is 2. The highest BCUT2D eigenvalue weighted by atomic mass is 16.5. The first-order chi connectivity index (χ1) is 34.9. The largest absolute Gasteiger partial charge is 0.377 e. The molecule has 4 amide bonds. The van der Waals surface area contributed by atoms with Gasteiger partial charge in [-0.2, -0.15) is 10.0 Å². The number of nitrogens with one attached hydrogen (secondary N) is 4. The van der Waals surface area contributed by atoms with E-state index in [0.29, 0.717) is 67.4 Å². The Bertz CT molecular complexity index is 2800. The lowest BCUT2D eigenvalue weighted by atomic mass is 10.1. The normalized spacial score (nSPS) is 19.2. The van der Waals surface area contributed by atoms with E-state index in [-0.39, 0.29) is 36.3 Å². The molecule has 3 aromatic carbocycles. The number of aromatic nitrogens is 5. The van der Waals surface area contributed by atoms with Crippen molar-refractivity contribution >= 4 is 58.1 Å². The molecule has 4 fully saturated rings. The number of hydrogen-bond acceptors (Lipinski definition) is 14. The van der Waals surface area contributed by atoms with E-state index in [4.69, 9.17) is 29.4 Å². The molecule has 3 aromatic heterocycles. The molecule has 0 aliphatic carbocycles. The fourth-order valence-electron chi connectivity index (χ4n) is 10.1. The molecule has 0 saturated carbocycles. The second kappa shape index (κ2) is 21.1. The number of hydrazine groups is 1.